The minimum Gasteiger partial charge on any atom is -0.477 e. The minimum atomic E-state index is -1.51. The van der Waals surface area contributed by atoms with Gasteiger partial charge in [0.1, 0.15) is 13.2 Å². The molecular formula is C70H130NO8+. The van der Waals surface area contributed by atoms with Crippen LogP contribution in [0, 0.1) is 0 Å². The average molecular weight is 1110 g/mol. The average Bonchev–Trinajstić information content (AvgIpc) is 3.42. The topological polar surface area (TPSA) is 108 Å². The Balaban J connectivity index is 3.96. The molecule has 0 aliphatic heterocycles. The number of esters is 2. The SMILES string of the molecule is CC/C=C\C/C=C\C/C=C\CCCCCCCCCC(=O)OC(COC(=O)CCCCCCCCCCCCCCCCCCCCCCCCCCC/C=C\CCCCCCCCCC)COC(OCC[N+](C)(C)C)C(=O)O. The van der Waals surface area contributed by atoms with Crippen molar-refractivity contribution in [2.75, 3.05) is 47.5 Å². The summed E-state index contributed by atoms with van der Waals surface area (Å²) in [5.41, 5.74) is 0. The van der Waals surface area contributed by atoms with E-state index >= 15 is 0 Å². The molecule has 0 heterocycles. The van der Waals surface area contributed by atoms with Gasteiger partial charge in [-0.1, -0.05) is 287 Å². The van der Waals surface area contributed by atoms with Gasteiger partial charge in [-0.3, -0.25) is 9.59 Å². The smallest absolute Gasteiger partial charge is 0.361 e. The van der Waals surface area contributed by atoms with E-state index in [4.69, 9.17) is 18.9 Å². The van der Waals surface area contributed by atoms with E-state index in [2.05, 4.69) is 62.5 Å². The summed E-state index contributed by atoms with van der Waals surface area (Å²) in [6.45, 7) is 4.79. The lowest BCUT2D eigenvalue weighted by Crippen LogP contribution is -2.40. The maximum Gasteiger partial charge on any atom is 0.361 e. The van der Waals surface area contributed by atoms with Crippen molar-refractivity contribution in [3.63, 3.8) is 0 Å². The number of hydrogen-bond acceptors (Lipinski definition) is 7. The molecule has 2 unspecified atom stereocenters. The maximum atomic E-state index is 12.9. The highest BCUT2D eigenvalue weighted by Gasteiger charge is 2.25. The first-order valence-electron chi connectivity index (χ1n) is 33.8. The number of quaternary nitrogens is 1. The first-order valence-corrected chi connectivity index (χ1v) is 33.8. The van der Waals surface area contributed by atoms with Crippen LogP contribution in [0.2, 0.25) is 0 Å². The van der Waals surface area contributed by atoms with Gasteiger partial charge in [0.25, 0.3) is 6.29 Å². The summed E-state index contributed by atoms with van der Waals surface area (Å²) in [4.78, 5) is 37.5. The second-order valence-corrected chi connectivity index (χ2v) is 24.1. The Morgan fingerprint density at radius 3 is 1.09 bits per heavy atom. The standard InChI is InChI=1S/C70H129NO8/c1-6-8-10-12-14-16-18-20-22-24-25-26-27-28-29-30-31-32-33-34-35-36-37-38-39-40-41-42-43-45-46-48-50-52-54-56-58-60-67(72)77-64-66(65-78-70(69(74)75)76-63-62-71(3,4)5)79-68(73)61-59-57-55-53-51-49-47-44-23-21-19-17-15-13-11-9-7-2/h9,11,15,17,21,23-25,66,70H,6-8,10,12-14,16,18-20,22,26-65H2,1-5H3/p+1/b11-9-,17-15-,23-21-,25-24-. The van der Waals surface area contributed by atoms with Crippen molar-refractivity contribution in [1.29, 1.82) is 0 Å². The van der Waals surface area contributed by atoms with Crippen LogP contribution >= 0.6 is 0 Å². The third-order valence-corrected chi connectivity index (χ3v) is 15.1. The van der Waals surface area contributed by atoms with Crippen LogP contribution in [0.3, 0.4) is 0 Å². The van der Waals surface area contributed by atoms with Crippen LogP contribution < -0.4 is 0 Å². The highest BCUT2D eigenvalue weighted by molar-refractivity contribution is 5.71. The van der Waals surface area contributed by atoms with Gasteiger partial charge in [-0.15, -0.1) is 0 Å². The van der Waals surface area contributed by atoms with Crippen molar-refractivity contribution in [2.24, 2.45) is 0 Å². The highest BCUT2D eigenvalue weighted by atomic mass is 16.7. The summed E-state index contributed by atoms with van der Waals surface area (Å²) < 4.78 is 22.9. The van der Waals surface area contributed by atoms with Crippen LogP contribution in [0.1, 0.15) is 322 Å². The predicted molar refractivity (Wildman–Crippen MR) is 337 cm³/mol. The van der Waals surface area contributed by atoms with Crippen molar-refractivity contribution in [3.05, 3.63) is 48.6 Å². The van der Waals surface area contributed by atoms with E-state index in [1.165, 1.54) is 225 Å². The van der Waals surface area contributed by atoms with Crippen molar-refractivity contribution >= 4 is 17.9 Å². The Labute approximate surface area is 489 Å². The van der Waals surface area contributed by atoms with Crippen molar-refractivity contribution < 1.29 is 42.9 Å². The second-order valence-electron chi connectivity index (χ2n) is 24.1. The Hall–Kier alpha value is -2.75. The number of rotatable bonds is 63. The van der Waals surface area contributed by atoms with Crippen molar-refractivity contribution in [2.45, 2.75) is 334 Å². The summed E-state index contributed by atoms with van der Waals surface area (Å²) in [5.74, 6) is -2.00. The molecule has 0 bridgehead atoms. The Kier molecular flexibility index (Phi) is 59.2. The zero-order valence-corrected chi connectivity index (χ0v) is 52.8. The fourth-order valence-corrected chi connectivity index (χ4v) is 9.91. The highest BCUT2D eigenvalue weighted by Crippen LogP contribution is 2.18. The minimum absolute atomic E-state index is 0.184. The summed E-state index contributed by atoms with van der Waals surface area (Å²) in [6.07, 6.45) is 75.3. The second kappa shape index (κ2) is 61.3. The Bertz CT molecular complexity index is 1430. The first-order chi connectivity index (χ1) is 38.6. The third kappa shape index (κ3) is 62.7. The van der Waals surface area contributed by atoms with E-state index in [9.17, 15) is 19.5 Å². The van der Waals surface area contributed by atoms with E-state index in [1.807, 2.05) is 21.1 Å². The molecule has 9 heteroatoms. The fourth-order valence-electron chi connectivity index (χ4n) is 9.91. The van der Waals surface area contributed by atoms with Gasteiger partial charge in [-0.2, -0.15) is 0 Å². The maximum absolute atomic E-state index is 12.9. The first kappa shape index (κ1) is 76.2. The van der Waals surface area contributed by atoms with Crippen LogP contribution in [0.5, 0.6) is 0 Å². The number of aliphatic carboxylic acids is 1. The number of carboxylic acid groups (broad SMARTS) is 1. The number of unbranched alkanes of at least 4 members (excludes halogenated alkanes) is 40. The van der Waals surface area contributed by atoms with Crippen molar-refractivity contribution in [1.82, 2.24) is 0 Å². The van der Waals surface area contributed by atoms with Crippen molar-refractivity contribution in [3.8, 4) is 0 Å². The van der Waals surface area contributed by atoms with Gasteiger partial charge in [0, 0.05) is 12.8 Å². The van der Waals surface area contributed by atoms with Gasteiger partial charge in [-0.25, -0.2) is 4.79 Å². The molecule has 0 aromatic rings. The van der Waals surface area contributed by atoms with Crippen LogP contribution in [-0.4, -0.2) is 87.4 Å². The molecule has 9 nitrogen and oxygen atoms in total. The molecule has 0 aromatic carbocycles. The Morgan fingerprint density at radius 2 is 0.722 bits per heavy atom. The summed E-state index contributed by atoms with van der Waals surface area (Å²) in [5, 5.41) is 9.72. The number of hydrogen-bond donors (Lipinski definition) is 1. The molecule has 2 atom stereocenters. The van der Waals surface area contributed by atoms with Gasteiger partial charge < -0.3 is 28.5 Å². The molecule has 0 aliphatic rings. The summed E-state index contributed by atoms with van der Waals surface area (Å²) in [6, 6.07) is 0. The van der Waals surface area contributed by atoms with E-state index in [-0.39, 0.29) is 32.2 Å². The van der Waals surface area contributed by atoms with Crippen LogP contribution in [0.4, 0.5) is 0 Å². The lowest BCUT2D eigenvalue weighted by molar-refractivity contribution is -0.870. The van der Waals surface area contributed by atoms with Crippen LogP contribution in [0.15, 0.2) is 48.6 Å². The van der Waals surface area contributed by atoms with Gasteiger partial charge in [0.15, 0.2) is 6.10 Å². The summed E-state index contributed by atoms with van der Waals surface area (Å²) >= 11 is 0. The molecule has 79 heavy (non-hydrogen) atoms. The molecular weight excluding hydrogens is 983 g/mol. The number of carboxylic acids is 1. The molecule has 0 fully saturated rings. The molecule has 0 amide bonds. The number of allylic oxidation sites excluding steroid dienone is 8. The molecule has 0 saturated heterocycles. The number of carbonyl (C=O) groups excluding carboxylic acids is 2. The Morgan fingerprint density at radius 1 is 0.392 bits per heavy atom. The molecule has 1 N–H and O–H groups in total. The lowest BCUT2D eigenvalue weighted by Gasteiger charge is -2.25. The number of nitrogens with zero attached hydrogens (tertiary/aromatic N) is 1. The zero-order valence-electron chi connectivity index (χ0n) is 52.8. The molecule has 0 radical (unpaired) electrons. The third-order valence-electron chi connectivity index (χ3n) is 15.1. The molecule has 0 saturated carbocycles. The zero-order chi connectivity index (χ0) is 57.6. The van der Waals surface area contributed by atoms with E-state index in [1.54, 1.807) is 0 Å². The molecule has 0 aromatic heterocycles. The molecule has 0 aliphatic carbocycles. The fraction of sp³-hybridized carbons (Fsp3) is 0.843. The molecule has 462 valence electrons. The largest absolute Gasteiger partial charge is 0.477 e. The predicted octanol–water partition coefficient (Wildman–Crippen LogP) is 20.6. The van der Waals surface area contributed by atoms with E-state index < -0.39 is 24.3 Å². The molecule has 0 rings (SSSR count). The number of likely N-dealkylation sites (N-methyl/N-ethyl adjacent to an activating group) is 1. The summed E-state index contributed by atoms with van der Waals surface area (Å²) in [7, 11) is 5.97. The number of ether oxygens (including phenoxy) is 4. The monoisotopic (exact) mass is 1110 g/mol. The van der Waals surface area contributed by atoms with Crippen LogP contribution in [0.25, 0.3) is 0 Å². The van der Waals surface area contributed by atoms with Gasteiger partial charge >= 0.3 is 17.9 Å². The van der Waals surface area contributed by atoms with E-state index in [0.29, 0.717) is 23.9 Å². The lowest BCUT2D eigenvalue weighted by atomic mass is 10.0. The van der Waals surface area contributed by atoms with Gasteiger partial charge in [-0.05, 0) is 70.6 Å². The van der Waals surface area contributed by atoms with E-state index in [0.717, 1.165) is 64.2 Å². The molecule has 0 spiro atoms. The van der Waals surface area contributed by atoms with Gasteiger partial charge in [0.05, 0.1) is 34.4 Å². The number of carbonyl (C=O) groups is 3. The normalized spacial score (nSPS) is 13.0. The quantitative estimate of drug-likeness (QED) is 0.0211. The van der Waals surface area contributed by atoms with Gasteiger partial charge in [0.2, 0.25) is 0 Å². The van der Waals surface area contributed by atoms with Crippen LogP contribution in [-0.2, 0) is 33.3 Å².